The van der Waals surface area contributed by atoms with Gasteiger partial charge in [-0.3, -0.25) is 4.79 Å². The summed E-state index contributed by atoms with van der Waals surface area (Å²) in [6.07, 6.45) is 5.71. The molecule has 3 heterocycles. The third-order valence-corrected chi connectivity index (χ3v) is 6.19. The van der Waals surface area contributed by atoms with E-state index in [4.69, 9.17) is 21.0 Å². The van der Waals surface area contributed by atoms with Crippen molar-refractivity contribution in [3.05, 3.63) is 70.8 Å². The lowest BCUT2D eigenvalue weighted by molar-refractivity contribution is 0.434. The van der Waals surface area contributed by atoms with Gasteiger partial charge in [-0.15, -0.1) is 0 Å². The standard InChI is InChI=1S/C25H26N6O2/c1-15(26)16-4-3-5-17(10-16)19-11-21(33-30-19)23-24(27)28-12-20(29-23)18-6-7-22(32)31(13-18)14-25(2)8-9-25/h3-7,10-13,15H,8-9,14,26H2,1-2H3,(H2,27,28). The van der Waals surface area contributed by atoms with Gasteiger partial charge in [0, 0.05) is 42.0 Å². The Balaban J connectivity index is 1.49. The van der Waals surface area contributed by atoms with Crippen molar-refractivity contribution in [2.75, 3.05) is 5.73 Å². The fourth-order valence-electron chi connectivity index (χ4n) is 3.81. The zero-order chi connectivity index (χ0) is 23.2. The Morgan fingerprint density at radius 3 is 2.73 bits per heavy atom. The van der Waals surface area contributed by atoms with Crippen LogP contribution < -0.4 is 17.0 Å². The first-order chi connectivity index (χ1) is 15.8. The molecule has 8 nitrogen and oxygen atoms in total. The van der Waals surface area contributed by atoms with Crippen LogP contribution in [0.15, 0.2) is 64.2 Å². The zero-order valence-corrected chi connectivity index (χ0v) is 18.7. The van der Waals surface area contributed by atoms with Crippen molar-refractivity contribution < 1.29 is 4.52 Å². The van der Waals surface area contributed by atoms with Crippen molar-refractivity contribution in [3.8, 4) is 34.0 Å². The minimum atomic E-state index is -0.0831. The second-order valence-corrected chi connectivity index (χ2v) is 9.17. The molecule has 33 heavy (non-hydrogen) atoms. The van der Waals surface area contributed by atoms with Gasteiger partial charge in [-0.2, -0.15) is 0 Å². The largest absolute Gasteiger partial charge is 0.382 e. The van der Waals surface area contributed by atoms with Crippen LogP contribution in [-0.2, 0) is 6.54 Å². The summed E-state index contributed by atoms with van der Waals surface area (Å²) in [4.78, 5) is 21.3. The summed E-state index contributed by atoms with van der Waals surface area (Å²) in [5.41, 5.74) is 16.7. The Morgan fingerprint density at radius 1 is 1.15 bits per heavy atom. The van der Waals surface area contributed by atoms with Crippen LogP contribution in [0.2, 0.25) is 0 Å². The molecule has 0 radical (unpaired) electrons. The fraction of sp³-hybridized carbons (Fsp3) is 0.280. The Kier molecular flexibility index (Phi) is 5.09. The van der Waals surface area contributed by atoms with Crippen LogP contribution in [0.1, 0.15) is 38.3 Å². The lowest BCUT2D eigenvalue weighted by atomic mass is 10.0. The Morgan fingerprint density at radius 2 is 1.97 bits per heavy atom. The number of benzene rings is 1. The highest BCUT2D eigenvalue weighted by Crippen LogP contribution is 2.46. The van der Waals surface area contributed by atoms with Crippen molar-refractivity contribution in [3.63, 3.8) is 0 Å². The molecule has 0 amide bonds. The lowest BCUT2D eigenvalue weighted by Gasteiger charge is -2.12. The summed E-state index contributed by atoms with van der Waals surface area (Å²) in [7, 11) is 0. The van der Waals surface area contributed by atoms with Crippen LogP contribution in [-0.4, -0.2) is 19.7 Å². The molecule has 168 valence electrons. The molecule has 0 saturated heterocycles. The highest BCUT2D eigenvalue weighted by molar-refractivity contribution is 5.73. The molecule has 4 aromatic rings. The van der Waals surface area contributed by atoms with E-state index in [1.165, 1.54) is 0 Å². The SMILES string of the molecule is CC(N)c1cccc(-c2cc(-c3nc(-c4ccc(=O)n(CC5(C)CC5)c4)cnc3N)on2)c1. The van der Waals surface area contributed by atoms with Gasteiger partial charge in [0.15, 0.2) is 17.3 Å². The normalized spacial score (nSPS) is 15.4. The first kappa shape index (κ1) is 21.1. The van der Waals surface area contributed by atoms with E-state index in [0.29, 0.717) is 29.4 Å². The Labute approximate surface area is 191 Å². The van der Waals surface area contributed by atoms with Gasteiger partial charge in [-0.1, -0.05) is 30.3 Å². The molecular formula is C25H26N6O2. The topological polar surface area (TPSA) is 126 Å². The van der Waals surface area contributed by atoms with Gasteiger partial charge in [0.05, 0.1) is 11.9 Å². The number of rotatable bonds is 6. The fourth-order valence-corrected chi connectivity index (χ4v) is 3.81. The molecule has 1 unspecified atom stereocenters. The van der Waals surface area contributed by atoms with E-state index in [2.05, 4.69) is 17.1 Å². The maximum absolute atomic E-state index is 12.3. The summed E-state index contributed by atoms with van der Waals surface area (Å²) < 4.78 is 7.32. The van der Waals surface area contributed by atoms with Gasteiger partial charge in [0.2, 0.25) is 0 Å². The Hall–Kier alpha value is -3.78. The van der Waals surface area contributed by atoms with Crippen LogP contribution in [0.3, 0.4) is 0 Å². The van der Waals surface area contributed by atoms with Gasteiger partial charge in [-0.05, 0) is 42.9 Å². The second-order valence-electron chi connectivity index (χ2n) is 9.17. The molecule has 1 saturated carbocycles. The molecule has 1 fully saturated rings. The average molecular weight is 443 g/mol. The lowest BCUT2D eigenvalue weighted by Crippen LogP contribution is -2.22. The van der Waals surface area contributed by atoms with E-state index in [1.807, 2.05) is 37.4 Å². The first-order valence-electron chi connectivity index (χ1n) is 11.0. The predicted octanol–water partition coefficient (Wildman–Crippen LogP) is 4.03. The molecule has 1 atom stereocenters. The summed E-state index contributed by atoms with van der Waals surface area (Å²) in [5, 5.41) is 4.20. The monoisotopic (exact) mass is 442 g/mol. The van der Waals surface area contributed by atoms with E-state index >= 15 is 0 Å². The molecule has 5 rings (SSSR count). The van der Waals surface area contributed by atoms with E-state index in [-0.39, 0.29) is 22.8 Å². The van der Waals surface area contributed by atoms with Crippen molar-refractivity contribution in [2.24, 2.45) is 11.1 Å². The van der Waals surface area contributed by atoms with E-state index < -0.39 is 0 Å². The summed E-state index contributed by atoms with van der Waals surface area (Å²) >= 11 is 0. The number of hydrogen-bond acceptors (Lipinski definition) is 7. The number of aromatic nitrogens is 4. The van der Waals surface area contributed by atoms with Crippen molar-refractivity contribution >= 4 is 5.82 Å². The molecular weight excluding hydrogens is 416 g/mol. The molecule has 0 aliphatic heterocycles. The maximum Gasteiger partial charge on any atom is 0.250 e. The smallest absolute Gasteiger partial charge is 0.250 e. The average Bonchev–Trinajstić information content (AvgIpc) is 3.32. The van der Waals surface area contributed by atoms with Gasteiger partial charge < -0.3 is 20.6 Å². The van der Waals surface area contributed by atoms with Crippen LogP contribution in [0.4, 0.5) is 5.82 Å². The number of anilines is 1. The van der Waals surface area contributed by atoms with Crippen molar-refractivity contribution in [1.82, 2.24) is 19.7 Å². The molecule has 3 aromatic heterocycles. The highest BCUT2D eigenvalue weighted by Gasteiger charge is 2.37. The number of nitrogens with two attached hydrogens (primary N) is 2. The molecule has 0 bridgehead atoms. The summed E-state index contributed by atoms with van der Waals surface area (Å²) in [6.45, 7) is 4.82. The van der Waals surface area contributed by atoms with E-state index in [9.17, 15) is 4.79 Å². The quantitative estimate of drug-likeness (QED) is 0.462. The van der Waals surface area contributed by atoms with Crippen LogP contribution in [0, 0.1) is 5.41 Å². The van der Waals surface area contributed by atoms with Gasteiger partial charge in [-0.25, -0.2) is 9.97 Å². The van der Waals surface area contributed by atoms with Crippen LogP contribution in [0.25, 0.3) is 34.0 Å². The molecule has 4 N–H and O–H groups in total. The molecule has 8 heteroatoms. The predicted molar refractivity (Wildman–Crippen MR) is 127 cm³/mol. The molecule has 1 aliphatic rings. The minimum absolute atomic E-state index is 0.0237. The highest BCUT2D eigenvalue weighted by atomic mass is 16.5. The number of pyridine rings is 1. The molecule has 1 aromatic carbocycles. The number of nitrogens with zero attached hydrogens (tertiary/aromatic N) is 4. The van der Waals surface area contributed by atoms with Crippen molar-refractivity contribution in [1.29, 1.82) is 0 Å². The third kappa shape index (κ3) is 4.29. The van der Waals surface area contributed by atoms with Crippen LogP contribution >= 0.6 is 0 Å². The minimum Gasteiger partial charge on any atom is -0.382 e. The van der Waals surface area contributed by atoms with Gasteiger partial charge in [0.1, 0.15) is 5.69 Å². The van der Waals surface area contributed by atoms with Crippen LogP contribution in [0.5, 0.6) is 0 Å². The molecule has 1 aliphatic carbocycles. The first-order valence-corrected chi connectivity index (χ1v) is 11.0. The number of hydrogen-bond donors (Lipinski definition) is 2. The summed E-state index contributed by atoms with van der Waals surface area (Å²) in [6, 6.07) is 12.9. The summed E-state index contributed by atoms with van der Waals surface area (Å²) in [5.74, 6) is 0.659. The number of nitrogen functional groups attached to an aromatic ring is 1. The van der Waals surface area contributed by atoms with E-state index in [0.717, 1.165) is 29.5 Å². The van der Waals surface area contributed by atoms with Gasteiger partial charge >= 0.3 is 0 Å². The molecule has 0 spiro atoms. The maximum atomic E-state index is 12.3. The van der Waals surface area contributed by atoms with Crippen molar-refractivity contribution in [2.45, 2.75) is 39.3 Å². The zero-order valence-electron chi connectivity index (χ0n) is 18.7. The second kappa shape index (κ2) is 7.97. The van der Waals surface area contributed by atoms with E-state index in [1.54, 1.807) is 29.0 Å². The Bertz CT molecular complexity index is 1380. The third-order valence-electron chi connectivity index (χ3n) is 6.19. The van der Waals surface area contributed by atoms with Gasteiger partial charge in [0.25, 0.3) is 5.56 Å².